The van der Waals surface area contributed by atoms with Crippen molar-refractivity contribution in [3.05, 3.63) is 60.2 Å². The second-order valence-corrected chi connectivity index (χ2v) is 4.32. The van der Waals surface area contributed by atoms with Crippen LogP contribution in [0.3, 0.4) is 0 Å². The van der Waals surface area contributed by atoms with Crippen molar-refractivity contribution in [3.8, 4) is 0 Å². The number of hydrogen-bond acceptors (Lipinski definition) is 3. The summed E-state index contributed by atoms with van der Waals surface area (Å²) in [5.41, 5.74) is 2.36. The summed E-state index contributed by atoms with van der Waals surface area (Å²) in [5.74, 6) is 0.0247. The number of nitrogens with zero attached hydrogens (tertiary/aromatic N) is 1. The molecular weight excluding hydrogens is 240 g/mol. The van der Waals surface area contributed by atoms with Gasteiger partial charge in [-0.25, -0.2) is 0 Å². The van der Waals surface area contributed by atoms with E-state index in [1.165, 1.54) is 0 Å². The van der Waals surface area contributed by atoms with Crippen molar-refractivity contribution in [2.24, 2.45) is 0 Å². The standard InChI is InChI=1S/C15H12N2O2/c1-10-8-13(19-9-10)15(18)17-12-6-2-4-11-5-3-7-16-14(11)12/h2-9H,1H3,(H,17,18). The predicted molar refractivity (Wildman–Crippen MR) is 73.1 cm³/mol. The van der Waals surface area contributed by atoms with Crippen LogP contribution in [0.25, 0.3) is 10.9 Å². The molecule has 0 atom stereocenters. The summed E-state index contributed by atoms with van der Waals surface area (Å²) in [7, 11) is 0. The van der Waals surface area contributed by atoms with Crippen molar-refractivity contribution < 1.29 is 9.21 Å². The summed E-state index contributed by atoms with van der Waals surface area (Å²) in [6.07, 6.45) is 3.26. The maximum atomic E-state index is 12.0. The lowest BCUT2D eigenvalue weighted by Gasteiger charge is -2.06. The van der Waals surface area contributed by atoms with Gasteiger partial charge >= 0.3 is 0 Å². The molecule has 0 radical (unpaired) electrons. The highest BCUT2D eigenvalue weighted by Crippen LogP contribution is 2.21. The van der Waals surface area contributed by atoms with Crippen molar-refractivity contribution in [2.75, 3.05) is 5.32 Å². The van der Waals surface area contributed by atoms with Gasteiger partial charge in [-0.2, -0.15) is 0 Å². The summed E-state index contributed by atoms with van der Waals surface area (Å²) in [6, 6.07) is 11.2. The fourth-order valence-corrected chi connectivity index (χ4v) is 1.94. The highest BCUT2D eigenvalue weighted by molar-refractivity contribution is 6.06. The minimum absolute atomic E-state index is 0.272. The van der Waals surface area contributed by atoms with E-state index in [9.17, 15) is 4.79 Å². The van der Waals surface area contributed by atoms with Crippen LogP contribution in [0.15, 0.2) is 53.3 Å². The third-order valence-corrected chi connectivity index (χ3v) is 2.84. The number of carbonyl (C=O) groups excluding carboxylic acids is 1. The quantitative estimate of drug-likeness (QED) is 0.760. The molecule has 1 amide bonds. The van der Waals surface area contributed by atoms with Gasteiger partial charge in [-0.05, 0) is 30.7 Å². The van der Waals surface area contributed by atoms with E-state index >= 15 is 0 Å². The van der Waals surface area contributed by atoms with E-state index in [2.05, 4.69) is 10.3 Å². The largest absolute Gasteiger partial charge is 0.459 e. The minimum Gasteiger partial charge on any atom is -0.459 e. The molecule has 0 aliphatic rings. The molecule has 4 heteroatoms. The summed E-state index contributed by atoms with van der Waals surface area (Å²) in [6.45, 7) is 1.87. The van der Waals surface area contributed by atoms with Gasteiger partial charge in [-0.3, -0.25) is 9.78 Å². The van der Waals surface area contributed by atoms with Crippen molar-refractivity contribution in [2.45, 2.75) is 6.92 Å². The molecule has 0 bridgehead atoms. The van der Waals surface area contributed by atoms with Gasteiger partial charge in [-0.15, -0.1) is 0 Å². The Morgan fingerprint density at radius 3 is 2.89 bits per heavy atom. The molecule has 3 rings (SSSR count). The van der Waals surface area contributed by atoms with E-state index in [4.69, 9.17) is 4.42 Å². The molecule has 19 heavy (non-hydrogen) atoms. The number of nitrogens with one attached hydrogen (secondary N) is 1. The molecule has 0 unspecified atom stereocenters. The number of furan rings is 1. The van der Waals surface area contributed by atoms with E-state index in [1.807, 2.05) is 37.3 Å². The van der Waals surface area contributed by atoms with Crippen LogP contribution in [-0.2, 0) is 0 Å². The average Bonchev–Trinajstić information content (AvgIpc) is 2.86. The smallest absolute Gasteiger partial charge is 0.291 e. The summed E-state index contributed by atoms with van der Waals surface area (Å²) in [4.78, 5) is 16.3. The molecule has 1 N–H and O–H groups in total. The normalized spacial score (nSPS) is 10.6. The van der Waals surface area contributed by atoms with Crippen LogP contribution in [0.1, 0.15) is 16.1 Å². The van der Waals surface area contributed by atoms with Crippen molar-refractivity contribution >= 4 is 22.5 Å². The molecule has 0 fully saturated rings. The number of carbonyl (C=O) groups is 1. The Morgan fingerprint density at radius 1 is 1.26 bits per heavy atom. The molecule has 3 aromatic rings. The number of fused-ring (bicyclic) bond motifs is 1. The van der Waals surface area contributed by atoms with Crippen LogP contribution in [-0.4, -0.2) is 10.9 Å². The number of aryl methyl sites for hydroxylation is 1. The zero-order valence-corrected chi connectivity index (χ0v) is 10.4. The Morgan fingerprint density at radius 2 is 2.11 bits per heavy atom. The molecule has 4 nitrogen and oxygen atoms in total. The number of rotatable bonds is 2. The van der Waals surface area contributed by atoms with Gasteiger partial charge in [-0.1, -0.05) is 18.2 Å². The molecule has 0 aliphatic heterocycles. The molecule has 2 heterocycles. The van der Waals surface area contributed by atoms with Gasteiger partial charge in [0.05, 0.1) is 17.5 Å². The molecular formula is C15H12N2O2. The van der Waals surface area contributed by atoms with Gasteiger partial charge in [0.1, 0.15) is 0 Å². The Balaban J connectivity index is 1.95. The fourth-order valence-electron chi connectivity index (χ4n) is 1.94. The first-order valence-electron chi connectivity index (χ1n) is 5.94. The monoisotopic (exact) mass is 252 g/mol. The zero-order chi connectivity index (χ0) is 13.2. The van der Waals surface area contributed by atoms with Crippen molar-refractivity contribution in [1.82, 2.24) is 4.98 Å². The molecule has 0 saturated carbocycles. The van der Waals surface area contributed by atoms with E-state index in [1.54, 1.807) is 18.5 Å². The maximum Gasteiger partial charge on any atom is 0.291 e. The second-order valence-electron chi connectivity index (χ2n) is 4.32. The van der Waals surface area contributed by atoms with E-state index in [0.29, 0.717) is 11.4 Å². The van der Waals surface area contributed by atoms with Gasteiger partial charge in [0, 0.05) is 11.6 Å². The van der Waals surface area contributed by atoms with E-state index in [0.717, 1.165) is 16.5 Å². The lowest BCUT2D eigenvalue weighted by molar-refractivity contribution is 0.0997. The Hall–Kier alpha value is -2.62. The fraction of sp³-hybridized carbons (Fsp3) is 0.0667. The third kappa shape index (κ3) is 2.20. The number of anilines is 1. The second kappa shape index (κ2) is 4.57. The van der Waals surface area contributed by atoms with Gasteiger partial charge in [0.2, 0.25) is 0 Å². The van der Waals surface area contributed by atoms with Crippen LogP contribution in [0.4, 0.5) is 5.69 Å². The molecule has 0 spiro atoms. The predicted octanol–water partition coefficient (Wildman–Crippen LogP) is 3.39. The SMILES string of the molecule is Cc1coc(C(=O)Nc2cccc3cccnc23)c1. The lowest BCUT2D eigenvalue weighted by Crippen LogP contribution is -2.11. The number of amides is 1. The number of para-hydroxylation sites is 1. The topological polar surface area (TPSA) is 55.1 Å². The molecule has 0 aliphatic carbocycles. The summed E-state index contributed by atoms with van der Waals surface area (Å²) < 4.78 is 5.18. The minimum atomic E-state index is -0.272. The number of hydrogen-bond donors (Lipinski definition) is 1. The number of pyridine rings is 1. The van der Waals surface area contributed by atoms with E-state index in [-0.39, 0.29) is 5.91 Å². The molecule has 94 valence electrons. The summed E-state index contributed by atoms with van der Waals surface area (Å²) >= 11 is 0. The first kappa shape index (κ1) is 11.5. The highest BCUT2D eigenvalue weighted by Gasteiger charge is 2.12. The van der Waals surface area contributed by atoms with Gasteiger partial charge < -0.3 is 9.73 Å². The first-order chi connectivity index (χ1) is 9.24. The number of benzene rings is 1. The molecule has 0 saturated heterocycles. The first-order valence-corrected chi connectivity index (χ1v) is 5.94. The molecule has 1 aromatic carbocycles. The van der Waals surface area contributed by atoms with E-state index < -0.39 is 0 Å². The average molecular weight is 252 g/mol. The number of aromatic nitrogens is 1. The van der Waals surface area contributed by atoms with Gasteiger partial charge in [0.25, 0.3) is 5.91 Å². The van der Waals surface area contributed by atoms with Crippen LogP contribution < -0.4 is 5.32 Å². The van der Waals surface area contributed by atoms with Crippen LogP contribution in [0, 0.1) is 6.92 Å². The Bertz CT molecular complexity index is 741. The van der Waals surface area contributed by atoms with Crippen LogP contribution >= 0.6 is 0 Å². The Labute approximate surface area is 110 Å². The van der Waals surface area contributed by atoms with Crippen LogP contribution in [0.5, 0.6) is 0 Å². The van der Waals surface area contributed by atoms with Crippen molar-refractivity contribution in [1.29, 1.82) is 0 Å². The maximum absolute atomic E-state index is 12.0. The molecule has 2 aromatic heterocycles. The lowest BCUT2D eigenvalue weighted by atomic mass is 10.2. The Kier molecular flexibility index (Phi) is 2.76. The van der Waals surface area contributed by atoms with Gasteiger partial charge in [0.15, 0.2) is 5.76 Å². The van der Waals surface area contributed by atoms with Crippen LogP contribution in [0.2, 0.25) is 0 Å². The zero-order valence-electron chi connectivity index (χ0n) is 10.4. The highest BCUT2D eigenvalue weighted by atomic mass is 16.3. The van der Waals surface area contributed by atoms with Crippen molar-refractivity contribution in [3.63, 3.8) is 0 Å². The third-order valence-electron chi connectivity index (χ3n) is 2.84. The summed E-state index contributed by atoms with van der Waals surface area (Å²) in [5, 5.41) is 3.80.